The van der Waals surface area contributed by atoms with Crippen LogP contribution in [-0.2, 0) is 28.6 Å². The molecule has 0 aliphatic carbocycles. The van der Waals surface area contributed by atoms with Gasteiger partial charge in [-0.05, 0) is 148 Å². The summed E-state index contributed by atoms with van der Waals surface area (Å²) in [5.74, 6) is -0.961. The van der Waals surface area contributed by atoms with Gasteiger partial charge in [-0.3, -0.25) is 14.4 Å². The minimum Gasteiger partial charge on any atom is -0.462 e. The first-order valence-corrected chi connectivity index (χ1v) is 31.8. The lowest BCUT2D eigenvalue weighted by atomic mass is 10.1. The fraction of sp³-hybridized carbons (Fsp3) is 0.625. The number of allylic oxidation sites excluding steroid dienone is 24. The van der Waals surface area contributed by atoms with Crippen LogP contribution in [0.25, 0.3) is 0 Å². The lowest BCUT2D eigenvalue weighted by molar-refractivity contribution is -0.167. The summed E-state index contributed by atoms with van der Waals surface area (Å²) in [6.07, 6.45) is 92.8. The summed E-state index contributed by atoms with van der Waals surface area (Å²) < 4.78 is 16.9. The van der Waals surface area contributed by atoms with Crippen LogP contribution in [0.5, 0.6) is 0 Å². The van der Waals surface area contributed by atoms with Crippen molar-refractivity contribution in [2.75, 3.05) is 13.2 Å². The van der Waals surface area contributed by atoms with Gasteiger partial charge in [0.1, 0.15) is 13.2 Å². The first kappa shape index (κ1) is 73.3. The van der Waals surface area contributed by atoms with E-state index in [-0.39, 0.29) is 31.1 Å². The van der Waals surface area contributed by atoms with Crippen molar-refractivity contribution in [3.8, 4) is 0 Å². The van der Waals surface area contributed by atoms with E-state index in [1.807, 2.05) is 0 Å². The molecule has 78 heavy (non-hydrogen) atoms. The predicted octanol–water partition coefficient (Wildman–Crippen LogP) is 21.9. The molecule has 1 unspecified atom stereocenters. The SMILES string of the molecule is CC/C=C\C/C=C\C/C=C\C/C=C\C/C=C\C/C=C\C/C=C\C/C=C\C/C=C\CCCCCC(=O)OCC(COC(=O)CCCCCCC/C=C\CCCCCCC)OC(=O)CCCCCCC/C=C\C/C=C\CCCCC. The number of hydrogen-bond acceptors (Lipinski definition) is 6. The van der Waals surface area contributed by atoms with Crippen LogP contribution in [0.1, 0.15) is 271 Å². The Labute approximate surface area is 480 Å². The molecule has 0 fully saturated rings. The third-order valence-electron chi connectivity index (χ3n) is 13.0. The van der Waals surface area contributed by atoms with Crippen molar-refractivity contribution in [1.29, 1.82) is 0 Å². The summed E-state index contributed by atoms with van der Waals surface area (Å²) in [6.45, 7) is 6.44. The fourth-order valence-corrected chi connectivity index (χ4v) is 8.28. The number of carbonyl (C=O) groups is 3. The van der Waals surface area contributed by atoms with Crippen LogP contribution in [-0.4, -0.2) is 37.2 Å². The largest absolute Gasteiger partial charge is 0.462 e. The lowest BCUT2D eigenvalue weighted by Crippen LogP contribution is -2.30. The highest BCUT2D eigenvalue weighted by molar-refractivity contribution is 5.71. The van der Waals surface area contributed by atoms with Gasteiger partial charge in [0.2, 0.25) is 0 Å². The maximum atomic E-state index is 12.9. The number of hydrogen-bond donors (Lipinski definition) is 0. The Balaban J connectivity index is 4.41. The molecule has 0 heterocycles. The minimum absolute atomic E-state index is 0.103. The van der Waals surface area contributed by atoms with Gasteiger partial charge < -0.3 is 14.2 Å². The summed E-state index contributed by atoms with van der Waals surface area (Å²) in [5.41, 5.74) is 0. The van der Waals surface area contributed by atoms with Gasteiger partial charge in [0.15, 0.2) is 6.10 Å². The van der Waals surface area contributed by atoms with Crippen molar-refractivity contribution in [1.82, 2.24) is 0 Å². The molecule has 0 N–H and O–H groups in total. The Kier molecular flexibility index (Phi) is 60.9. The Bertz CT molecular complexity index is 1710. The first-order chi connectivity index (χ1) is 38.5. The summed E-state index contributed by atoms with van der Waals surface area (Å²) in [6, 6.07) is 0. The highest BCUT2D eigenvalue weighted by Gasteiger charge is 2.19. The van der Waals surface area contributed by atoms with Gasteiger partial charge in [-0.1, -0.05) is 250 Å². The third-order valence-corrected chi connectivity index (χ3v) is 13.0. The molecule has 0 amide bonds. The molecule has 0 aromatic heterocycles. The van der Waals surface area contributed by atoms with E-state index in [0.29, 0.717) is 19.3 Å². The van der Waals surface area contributed by atoms with Crippen LogP contribution in [0.2, 0.25) is 0 Å². The third kappa shape index (κ3) is 62.1. The molecule has 0 aliphatic rings. The van der Waals surface area contributed by atoms with E-state index in [2.05, 4.69) is 167 Å². The maximum Gasteiger partial charge on any atom is 0.306 e. The van der Waals surface area contributed by atoms with Gasteiger partial charge >= 0.3 is 17.9 Å². The molecular weight excluding hydrogens is 961 g/mol. The summed E-state index contributed by atoms with van der Waals surface area (Å²) >= 11 is 0. The molecule has 440 valence electrons. The van der Waals surface area contributed by atoms with E-state index < -0.39 is 6.10 Å². The molecule has 0 aromatic rings. The highest BCUT2D eigenvalue weighted by atomic mass is 16.6. The van der Waals surface area contributed by atoms with Crippen molar-refractivity contribution >= 4 is 17.9 Å². The van der Waals surface area contributed by atoms with Gasteiger partial charge in [-0.25, -0.2) is 0 Å². The summed E-state index contributed by atoms with van der Waals surface area (Å²) in [7, 11) is 0. The van der Waals surface area contributed by atoms with Crippen LogP contribution < -0.4 is 0 Å². The smallest absolute Gasteiger partial charge is 0.306 e. The van der Waals surface area contributed by atoms with Crippen LogP contribution in [0.4, 0.5) is 0 Å². The fourth-order valence-electron chi connectivity index (χ4n) is 8.28. The number of rotatable bonds is 56. The van der Waals surface area contributed by atoms with E-state index in [9.17, 15) is 14.4 Å². The first-order valence-electron chi connectivity index (χ1n) is 31.8. The van der Waals surface area contributed by atoms with Crippen LogP contribution >= 0.6 is 0 Å². The zero-order valence-corrected chi connectivity index (χ0v) is 50.4. The molecular formula is C72H116O6. The van der Waals surface area contributed by atoms with E-state index in [1.54, 1.807) is 0 Å². The standard InChI is InChI=1S/C72H116O6/c1-4-7-10-13-16-19-22-25-28-29-30-31-32-33-34-35-36-37-38-39-40-41-42-43-45-47-50-53-56-59-62-65-71(74)77-68-69(67-76-70(73)64-61-58-55-52-49-46-27-24-21-18-15-12-9-6-3)78-72(75)66-63-60-57-54-51-48-44-26-23-20-17-14-11-8-5-2/h7,10,16-17,19-20,24-28,30-31,33-34,36-37,39-40,42-44,47,50,69H,4-6,8-9,11-15,18,21-23,29,32,35,38,41,45-46,48-49,51-68H2,1-3H3/b10-7-,19-16-,20-17-,27-24-,28-25-,31-30-,34-33-,37-36-,40-39-,43-42-,44-26-,50-47-. The van der Waals surface area contributed by atoms with Crippen molar-refractivity contribution in [3.63, 3.8) is 0 Å². The number of esters is 3. The molecule has 0 rings (SSSR count). The lowest BCUT2D eigenvalue weighted by Gasteiger charge is -2.18. The molecule has 0 radical (unpaired) electrons. The molecule has 0 aromatic carbocycles. The van der Waals surface area contributed by atoms with Crippen molar-refractivity contribution in [2.24, 2.45) is 0 Å². The normalized spacial score (nSPS) is 13.1. The Morgan fingerprint density at radius 3 is 0.833 bits per heavy atom. The number of ether oxygens (including phenoxy) is 3. The Morgan fingerprint density at radius 2 is 0.500 bits per heavy atom. The molecule has 0 spiro atoms. The molecule has 0 saturated heterocycles. The van der Waals surface area contributed by atoms with E-state index in [0.717, 1.165) is 161 Å². The maximum absolute atomic E-state index is 12.9. The monoisotopic (exact) mass is 1080 g/mol. The Hall–Kier alpha value is -4.71. The molecule has 0 saturated carbocycles. The second-order valence-electron chi connectivity index (χ2n) is 20.6. The predicted molar refractivity (Wildman–Crippen MR) is 339 cm³/mol. The molecule has 1 atom stereocenters. The van der Waals surface area contributed by atoms with Crippen LogP contribution in [0.15, 0.2) is 146 Å². The minimum atomic E-state index is -0.809. The molecule has 0 bridgehead atoms. The summed E-state index contributed by atoms with van der Waals surface area (Å²) in [4.78, 5) is 38.2. The number of carbonyl (C=O) groups excluding carboxylic acids is 3. The van der Waals surface area contributed by atoms with Crippen molar-refractivity contribution < 1.29 is 28.6 Å². The van der Waals surface area contributed by atoms with E-state index in [4.69, 9.17) is 14.2 Å². The molecule has 6 nitrogen and oxygen atoms in total. The number of unbranched alkanes of at least 4 members (excludes halogenated alkanes) is 21. The van der Waals surface area contributed by atoms with Gasteiger partial charge in [-0.15, -0.1) is 0 Å². The second kappa shape index (κ2) is 64.8. The Morgan fingerprint density at radius 1 is 0.269 bits per heavy atom. The van der Waals surface area contributed by atoms with Crippen LogP contribution in [0.3, 0.4) is 0 Å². The van der Waals surface area contributed by atoms with Crippen molar-refractivity contribution in [3.05, 3.63) is 146 Å². The molecule has 0 aliphatic heterocycles. The summed E-state index contributed by atoms with van der Waals surface area (Å²) in [5, 5.41) is 0. The zero-order chi connectivity index (χ0) is 56.4. The second-order valence-corrected chi connectivity index (χ2v) is 20.6. The van der Waals surface area contributed by atoms with Crippen molar-refractivity contribution in [2.45, 2.75) is 277 Å². The zero-order valence-electron chi connectivity index (χ0n) is 50.4. The van der Waals surface area contributed by atoms with Gasteiger partial charge in [0, 0.05) is 19.3 Å². The van der Waals surface area contributed by atoms with Crippen LogP contribution in [0, 0.1) is 0 Å². The average Bonchev–Trinajstić information content (AvgIpc) is 3.44. The van der Waals surface area contributed by atoms with Gasteiger partial charge in [-0.2, -0.15) is 0 Å². The average molecular weight is 1080 g/mol. The van der Waals surface area contributed by atoms with E-state index >= 15 is 0 Å². The van der Waals surface area contributed by atoms with Gasteiger partial charge in [0.25, 0.3) is 0 Å². The van der Waals surface area contributed by atoms with E-state index in [1.165, 1.54) is 70.6 Å². The quantitative estimate of drug-likeness (QED) is 0.0261. The highest BCUT2D eigenvalue weighted by Crippen LogP contribution is 2.14. The molecule has 6 heteroatoms. The van der Waals surface area contributed by atoms with Gasteiger partial charge in [0.05, 0.1) is 0 Å². The topological polar surface area (TPSA) is 78.9 Å².